The van der Waals surface area contributed by atoms with Gasteiger partial charge in [-0.05, 0) is 50.1 Å². The summed E-state index contributed by atoms with van der Waals surface area (Å²) in [5.41, 5.74) is 2.19. The first-order valence-electron chi connectivity index (χ1n) is 10.7. The van der Waals surface area contributed by atoms with Crippen LogP contribution in [-0.2, 0) is 14.3 Å². The number of carbonyl (C=O) groups excluding carboxylic acids is 3. The van der Waals surface area contributed by atoms with Crippen molar-refractivity contribution >= 4 is 45.6 Å². The largest absolute Gasteiger partial charge is 0.507 e. The van der Waals surface area contributed by atoms with Gasteiger partial charge in [0.25, 0.3) is 11.5 Å². The zero-order chi connectivity index (χ0) is 26.3. The van der Waals surface area contributed by atoms with Crippen LogP contribution in [0.2, 0.25) is 0 Å². The molecular weight excluding hydrogens is 486 g/mol. The molecule has 1 aromatic heterocycles. The average molecular weight is 508 g/mol. The second-order valence-electron chi connectivity index (χ2n) is 8.24. The fraction of sp³-hybridized carbons (Fsp3) is 0.200. The molecule has 11 heteroatoms. The number of hydrogen-bond acceptors (Lipinski definition) is 9. The predicted octanol–water partition coefficient (Wildman–Crippen LogP) is 4.39. The zero-order valence-electron chi connectivity index (χ0n) is 19.8. The fourth-order valence-corrected chi connectivity index (χ4v) is 5.04. The minimum absolute atomic E-state index is 0.0540. The highest BCUT2D eigenvalue weighted by Gasteiger charge is 2.48. The SMILES string of the molecule is COC(=O)c1sc(N2C(=O)C(=O)/C(=C(/O)c3cc(C)ccc3C)C2c2ccc([N+](=O)[O-])cc2)nc1C. The van der Waals surface area contributed by atoms with E-state index in [2.05, 4.69) is 4.98 Å². The quantitative estimate of drug-likeness (QED) is 0.134. The van der Waals surface area contributed by atoms with Gasteiger partial charge in [0.2, 0.25) is 0 Å². The Balaban J connectivity index is 1.97. The lowest BCUT2D eigenvalue weighted by atomic mass is 9.93. The average Bonchev–Trinajstić information content (AvgIpc) is 3.36. The summed E-state index contributed by atoms with van der Waals surface area (Å²) >= 11 is 0.872. The molecule has 1 atom stereocenters. The van der Waals surface area contributed by atoms with E-state index in [-0.39, 0.29) is 27.0 Å². The lowest BCUT2D eigenvalue weighted by molar-refractivity contribution is -0.384. The van der Waals surface area contributed by atoms with Gasteiger partial charge in [0.05, 0.1) is 29.3 Å². The van der Waals surface area contributed by atoms with E-state index in [1.54, 1.807) is 26.0 Å². The van der Waals surface area contributed by atoms with E-state index < -0.39 is 28.6 Å². The van der Waals surface area contributed by atoms with Gasteiger partial charge in [-0.1, -0.05) is 29.0 Å². The number of aliphatic hydroxyl groups is 1. The second kappa shape index (κ2) is 9.34. The number of ketones is 1. The van der Waals surface area contributed by atoms with E-state index in [4.69, 9.17) is 4.74 Å². The van der Waals surface area contributed by atoms with E-state index >= 15 is 0 Å². The van der Waals surface area contributed by atoms with Gasteiger partial charge in [-0.15, -0.1) is 0 Å². The molecule has 0 saturated carbocycles. The number of benzene rings is 2. The highest BCUT2D eigenvalue weighted by molar-refractivity contribution is 7.17. The summed E-state index contributed by atoms with van der Waals surface area (Å²) in [5.74, 6) is -2.91. The van der Waals surface area contributed by atoms with Crippen LogP contribution in [0.5, 0.6) is 0 Å². The van der Waals surface area contributed by atoms with Crippen LogP contribution in [0.4, 0.5) is 10.8 Å². The Hall–Kier alpha value is -4.38. The number of esters is 1. The van der Waals surface area contributed by atoms with Crippen LogP contribution in [0.3, 0.4) is 0 Å². The molecule has 1 unspecified atom stereocenters. The second-order valence-corrected chi connectivity index (χ2v) is 9.22. The molecular formula is C25H21N3O7S. The number of aromatic nitrogens is 1. The van der Waals surface area contributed by atoms with Gasteiger partial charge >= 0.3 is 11.9 Å². The smallest absolute Gasteiger partial charge is 0.350 e. The lowest BCUT2D eigenvalue weighted by Gasteiger charge is -2.23. The molecule has 0 radical (unpaired) electrons. The van der Waals surface area contributed by atoms with Crippen molar-refractivity contribution < 1.29 is 29.2 Å². The van der Waals surface area contributed by atoms with Gasteiger partial charge < -0.3 is 9.84 Å². The highest BCUT2D eigenvalue weighted by Crippen LogP contribution is 2.44. The zero-order valence-corrected chi connectivity index (χ0v) is 20.6. The van der Waals surface area contributed by atoms with E-state index in [9.17, 15) is 29.6 Å². The van der Waals surface area contributed by atoms with Gasteiger partial charge in [0.1, 0.15) is 10.6 Å². The minimum Gasteiger partial charge on any atom is -0.507 e. The molecule has 10 nitrogen and oxygen atoms in total. The summed E-state index contributed by atoms with van der Waals surface area (Å²) in [5, 5.41) is 22.5. The molecule has 0 spiro atoms. The summed E-state index contributed by atoms with van der Waals surface area (Å²) < 4.78 is 4.78. The van der Waals surface area contributed by atoms with Gasteiger partial charge in [-0.3, -0.25) is 24.6 Å². The number of amides is 1. The van der Waals surface area contributed by atoms with Crippen molar-refractivity contribution in [3.63, 3.8) is 0 Å². The highest BCUT2D eigenvalue weighted by atomic mass is 32.1. The van der Waals surface area contributed by atoms with Gasteiger partial charge in [-0.2, -0.15) is 0 Å². The maximum absolute atomic E-state index is 13.3. The number of methoxy groups -OCH3 is 1. The number of aryl methyl sites for hydroxylation is 3. The van der Waals surface area contributed by atoms with Crippen molar-refractivity contribution in [2.75, 3.05) is 12.0 Å². The van der Waals surface area contributed by atoms with E-state index in [1.807, 2.05) is 13.0 Å². The van der Waals surface area contributed by atoms with Gasteiger partial charge in [0, 0.05) is 17.7 Å². The van der Waals surface area contributed by atoms with Crippen LogP contribution >= 0.6 is 11.3 Å². The van der Waals surface area contributed by atoms with Crippen molar-refractivity contribution in [3.8, 4) is 0 Å². The Labute approximate surface area is 209 Å². The molecule has 2 aromatic carbocycles. The standard InChI is InChI=1S/C25H21N3O7S/c1-12-5-6-13(2)17(11-12)20(29)18-19(15-7-9-16(10-8-15)28(33)34)27(23(31)21(18)30)25-26-14(3)22(36-25)24(32)35-4/h5-11,19,29H,1-4H3/b20-18+. The third-order valence-electron chi connectivity index (χ3n) is 5.87. The maximum Gasteiger partial charge on any atom is 0.350 e. The number of Topliss-reactive ketones (excluding diaryl/α,β-unsaturated/α-hetero) is 1. The van der Waals surface area contributed by atoms with Gasteiger partial charge in [0.15, 0.2) is 5.13 Å². The summed E-state index contributed by atoms with van der Waals surface area (Å²) in [6, 6.07) is 9.54. The summed E-state index contributed by atoms with van der Waals surface area (Å²) in [4.78, 5) is 54.9. The number of nitro groups is 1. The number of nitrogens with zero attached hydrogens (tertiary/aromatic N) is 3. The molecule has 2 heterocycles. The van der Waals surface area contributed by atoms with Crippen molar-refractivity contribution in [3.05, 3.63) is 91.0 Å². The number of aliphatic hydroxyl groups excluding tert-OH is 1. The molecule has 1 N–H and O–H groups in total. The number of nitro benzene ring substituents is 1. The molecule has 1 amide bonds. The van der Waals surface area contributed by atoms with E-state index in [0.29, 0.717) is 22.4 Å². The van der Waals surface area contributed by atoms with E-state index in [0.717, 1.165) is 21.8 Å². The molecule has 0 aliphatic carbocycles. The molecule has 1 aliphatic rings. The number of ether oxygens (including phenoxy) is 1. The summed E-state index contributed by atoms with van der Waals surface area (Å²) in [7, 11) is 1.22. The number of rotatable bonds is 5. The first-order valence-corrected chi connectivity index (χ1v) is 11.6. The lowest BCUT2D eigenvalue weighted by Crippen LogP contribution is -2.29. The molecule has 4 rings (SSSR count). The minimum atomic E-state index is -1.14. The number of carbonyl (C=O) groups is 3. The Bertz CT molecular complexity index is 1460. The normalized spacial score (nSPS) is 16.9. The molecule has 1 aliphatic heterocycles. The Morgan fingerprint density at radius 3 is 2.42 bits per heavy atom. The third kappa shape index (κ3) is 4.13. The van der Waals surface area contributed by atoms with Crippen molar-refractivity contribution in [1.29, 1.82) is 0 Å². The number of anilines is 1. The number of hydrogen-bond donors (Lipinski definition) is 1. The topological polar surface area (TPSA) is 140 Å². The fourth-order valence-electron chi connectivity index (χ4n) is 4.03. The monoisotopic (exact) mass is 507 g/mol. The van der Waals surface area contributed by atoms with E-state index in [1.165, 1.54) is 31.4 Å². The molecule has 1 saturated heterocycles. The summed E-state index contributed by atoms with van der Waals surface area (Å²) in [6.45, 7) is 5.16. The van der Waals surface area contributed by atoms with Crippen molar-refractivity contribution in [2.45, 2.75) is 26.8 Å². The molecule has 1 fully saturated rings. The molecule has 0 bridgehead atoms. The van der Waals surface area contributed by atoms with Crippen molar-refractivity contribution in [2.24, 2.45) is 0 Å². The first-order chi connectivity index (χ1) is 17.0. The van der Waals surface area contributed by atoms with Crippen molar-refractivity contribution in [1.82, 2.24) is 4.98 Å². The summed E-state index contributed by atoms with van der Waals surface area (Å²) in [6.07, 6.45) is 0. The Morgan fingerprint density at radius 2 is 1.81 bits per heavy atom. The Morgan fingerprint density at radius 1 is 1.14 bits per heavy atom. The van der Waals surface area contributed by atoms with Crippen LogP contribution in [0.25, 0.3) is 5.76 Å². The van der Waals surface area contributed by atoms with Crippen LogP contribution in [0.15, 0.2) is 48.0 Å². The van der Waals surface area contributed by atoms with Crippen LogP contribution in [0.1, 0.15) is 43.7 Å². The molecule has 184 valence electrons. The van der Waals surface area contributed by atoms with Crippen LogP contribution in [0, 0.1) is 30.9 Å². The Kier molecular flexibility index (Phi) is 6.42. The van der Waals surface area contributed by atoms with Crippen LogP contribution in [-0.4, -0.2) is 39.8 Å². The molecule has 3 aromatic rings. The number of non-ortho nitro benzene ring substituents is 1. The van der Waals surface area contributed by atoms with Crippen LogP contribution < -0.4 is 4.90 Å². The first kappa shape index (κ1) is 24.7. The third-order valence-corrected chi connectivity index (χ3v) is 7.01. The molecule has 36 heavy (non-hydrogen) atoms. The maximum atomic E-state index is 13.3. The number of thiazole rings is 1. The predicted molar refractivity (Wildman–Crippen MR) is 132 cm³/mol. The van der Waals surface area contributed by atoms with Gasteiger partial charge in [-0.25, -0.2) is 9.78 Å².